The zero-order chi connectivity index (χ0) is 10.3. The Morgan fingerprint density at radius 1 is 1.64 bits per heavy atom. The zero-order valence-electron chi connectivity index (χ0n) is 8.95. The summed E-state index contributed by atoms with van der Waals surface area (Å²) in [6.45, 7) is 7.42. The van der Waals surface area contributed by atoms with Crippen LogP contribution in [0.15, 0.2) is 4.52 Å². The summed E-state index contributed by atoms with van der Waals surface area (Å²) >= 11 is 0. The van der Waals surface area contributed by atoms with E-state index < -0.39 is 0 Å². The van der Waals surface area contributed by atoms with Gasteiger partial charge in [-0.3, -0.25) is 4.90 Å². The molecular weight excluding hydrogens is 178 g/mol. The second-order valence-corrected chi connectivity index (χ2v) is 4.10. The smallest absolute Gasteiger partial charge is 0.171 e. The van der Waals surface area contributed by atoms with Crippen LogP contribution < -0.4 is 5.73 Å². The third-order valence-electron chi connectivity index (χ3n) is 2.94. The van der Waals surface area contributed by atoms with Gasteiger partial charge in [-0.1, -0.05) is 12.1 Å². The van der Waals surface area contributed by atoms with E-state index in [1.54, 1.807) is 0 Å². The molecule has 1 aliphatic rings. The summed E-state index contributed by atoms with van der Waals surface area (Å²) < 4.78 is 5.27. The molecule has 0 bridgehead atoms. The molecule has 0 saturated carbocycles. The van der Waals surface area contributed by atoms with Gasteiger partial charge in [0.15, 0.2) is 11.6 Å². The molecule has 14 heavy (non-hydrogen) atoms. The average Bonchev–Trinajstić information content (AvgIpc) is 2.66. The highest BCUT2D eigenvalue weighted by molar-refractivity contribution is 5.44. The molecule has 1 aromatic heterocycles. The summed E-state index contributed by atoms with van der Waals surface area (Å²) in [5.41, 5.74) is 6.83. The quantitative estimate of drug-likeness (QED) is 0.783. The second kappa shape index (κ2) is 3.28. The first kappa shape index (κ1) is 9.52. The molecule has 2 heterocycles. The lowest BCUT2D eigenvalue weighted by molar-refractivity contribution is 0.143. The molecule has 2 rings (SSSR count). The van der Waals surface area contributed by atoms with E-state index in [0.717, 1.165) is 24.3 Å². The van der Waals surface area contributed by atoms with Crippen molar-refractivity contribution in [2.45, 2.75) is 45.8 Å². The Kier molecular flexibility index (Phi) is 2.23. The van der Waals surface area contributed by atoms with E-state index in [-0.39, 0.29) is 0 Å². The molecule has 0 fully saturated rings. The van der Waals surface area contributed by atoms with Crippen LogP contribution >= 0.6 is 0 Å². The van der Waals surface area contributed by atoms with E-state index in [2.05, 4.69) is 30.8 Å². The minimum absolute atomic E-state index is 0.356. The number of fused-ring (bicyclic) bond motifs is 1. The molecule has 4 nitrogen and oxygen atoms in total. The number of anilines is 1. The minimum Gasteiger partial charge on any atom is -0.381 e. The summed E-state index contributed by atoms with van der Waals surface area (Å²) in [6.07, 6.45) is 1.04. The Labute approximate surface area is 84.0 Å². The third-order valence-corrected chi connectivity index (χ3v) is 2.94. The highest BCUT2D eigenvalue weighted by atomic mass is 16.5. The molecule has 1 atom stereocenters. The lowest BCUT2D eigenvalue weighted by Gasteiger charge is -2.26. The number of aromatic nitrogens is 1. The molecule has 0 radical (unpaired) electrons. The van der Waals surface area contributed by atoms with Crippen LogP contribution in [0.5, 0.6) is 0 Å². The van der Waals surface area contributed by atoms with Gasteiger partial charge in [-0.15, -0.1) is 0 Å². The SMILES string of the molecule is CCC1c2onc(N)c2CN1C(C)C. The number of hydrogen-bond donors (Lipinski definition) is 1. The van der Waals surface area contributed by atoms with Crippen molar-refractivity contribution >= 4 is 5.82 Å². The van der Waals surface area contributed by atoms with E-state index in [0.29, 0.717) is 17.9 Å². The first-order chi connectivity index (χ1) is 6.65. The molecule has 0 saturated heterocycles. The average molecular weight is 195 g/mol. The van der Waals surface area contributed by atoms with Crippen LogP contribution in [0.4, 0.5) is 5.82 Å². The first-order valence-electron chi connectivity index (χ1n) is 5.14. The van der Waals surface area contributed by atoms with Crippen molar-refractivity contribution in [3.05, 3.63) is 11.3 Å². The van der Waals surface area contributed by atoms with Gasteiger partial charge in [0.1, 0.15) is 0 Å². The van der Waals surface area contributed by atoms with Crippen molar-refractivity contribution in [1.29, 1.82) is 0 Å². The fourth-order valence-electron chi connectivity index (χ4n) is 2.16. The van der Waals surface area contributed by atoms with Crippen molar-refractivity contribution in [3.8, 4) is 0 Å². The molecule has 0 amide bonds. The minimum atomic E-state index is 0.356. The van der Waals surface area contributed by atoms with Gasteiger partial charge in [-0.2, -0.15) is 0 Å². The van der Waals surface area contributed by atoms with Gasteiger partial charge in [-0.25, -0.2) is 0 Å². The maximum absolute atomic E-state index is 5.74. The van der Waals surface area contributed by atoms with E-state index >= 15 is 0 Å². The lowest BCUT2D eigenvalue weighted by Crippen LogP contribution is -2.29. The van der Waals surface area contributed by atoms with E-state index in [1.165, 1.54) is 0 Å². The Morgan fingerprint density at radius 3 is 2.93 bits per heavy atom. The normalized spacial score (nSPS) is 21.9. The largest absolute Gasteiger partial charge is 0.381 e. The Morgan fingerprint density at radius 2 is 2.36 bits per heavy atom. The maximum Gasteiger partial charge on any atom is 0.171 e. The Balaban J connectivity index is 2.34. The summed E-state index contributed by atoms with van der Waals surface area (Å²) in [7, 11) is 0. The van der Waals surface area contributed by atoms with E-state index in [9.17, 15) is 0 Å². The number of nitrogens with two attached hydrogens (primary N) is 1. The Bertz CT molecular complexity index is 332. The van der Waals surface area contributed by atoms with Gasteiger partial charge >= 0.3 is 0 Å². The van der Waals surface area contributed by atoms with Gasteiger partial charge in [0, 0.05) is 12.6 Å². The summed E-state index contributed by atoms with van der Waals surface area (Å²) in [5, 5.41) is 3.81. The first-order valence-corrected chi connectivity index (χ1v) is 5.14. The lowest BCUT2D eigenvalue weighted by atomic mass is 10.1. The van der Waals surface area contributed by atoms with Crippen LogP contribution in [0.25, 0.3) is 0 Å². The van der Waals surface area contributed by atoms with Crippen molar-refractivity contribution in [3.63, 3.8) is 0 Å². The zero-order valence-corrected chi connectivity index (χ0v) is 8.95. The maximum atomic E-state index is 5.74. The predicted molar refractivity (Wildman–Crippen MR) is 54.6 cm³/mol. The highest BCUT2D eigenvalue weighted by Gasteiger charge is 2.36. The molecule has 0 spiro atoms. The predicted octanol–water partition coefficient (Wildman–Crippen LogP) is 1.93. The summed E-state index contributed by atoms with van der Waals surface area (Å²) in [6, 6.07) is 0.872. The molecular formula is C10H17N3O. The molecule has 1 unspecified atom stereocenters. The molecule has 4 heteroatoms. The van der Waals surface area contributed by atoms with Crippen LogP contribution in [0.3, 0.4) is 0 Å². The van der Waals surface area contributed by atoms with Crippen molar-refractivity contribution in [2.24, 2.45) is 0 Å². The van der Waals surface area contributed by atoms with Crippen LogP contribution in [0.2, 0.25) is 0 Å². The van der Waals surface area contributed by atoms with Crippen LogP contribution in [0, 0.1) is 0 Å². The van der Waals surface area contributed by atoms with Crippen molar-refractivity contribution in [1.82, 2.24) is 10.1 Å². The highest BCUT2D eigenvalue weighted by Crippen LogP contribution is 2.39. The number of nitrogen functional groups attached to an aromatic ring is 1. The fraction of sp³-hybridized carbons (Fsp3) is 0.700. The van der Waals surface area contributed by atoms with Gasteiger partial charge in [-0.05, 0) is 20.3 Å². The fourth-order valence-corrected chi connectivity index (χ4v) is 2.16. The molecule has 1 aromatic rings. The topological polar surface area (TPSA) is 55.3 Å². The van der Waals surface area contributed by atoms with Gasteiger partial charge in [0.25, 0.3) is 0 Å². The van der Waals surface area contributed by atoms with Crippen molar-refractivity contribution in [2.75, 3.05) is 5.73 Å². The van der Waals surface area contributed by atoms with Gasteiger partial charge in [0.2, 0.25) is 0 Å². The van der Waals surface area contributed by atoms with Crippen molar-refractivity contribution < 1.29 is 4.52 Å². The van der Waals surface area contributed by atoms with Crippen LogP contribution in [-0.2, 0) is 6.54 Å². The third kappa shape index (κ3) is 1.21. The van der Waals surface area contributed by atoms with Crippen LogP contribution in [-0.4, -0.2) is 16.1 Å². The molecule has 2 N–H and O–H groups in total. The monoisotopic (exact) mass is 195 g/mol. The number of rotatable bonds is 2. The Hall–Kier alpha value is -1.03. The molecule has 78 valence electrons. The number of hydrogen-bond acceptors (Lipinski definition) is 4. The van der Waals surface area contributed by atoms with Gasteiger partial charge < -0.3 is 10.3 Å². The van der Waals surface area contributed by atoms with Gasteiger partial charge in [0.05, 0.1) is 11.6 Å². The molecule has 0 aromatic carbocycles. The van der Waals surface area contributed by atoms with Crippen LogP contribution in [0.1, 0.15) is 44.6 Å². The number of nitrogens with zero attached hydrogens (tertiary/aromatic N) is 2. The summed E-state index contributed by atoms with van der Waals surface area (Å²) in [5.74, 6) is 1.53. The summed E-state index contributed by atoms with van der Waals surface area (Å²) in [4.78, 5) is 2.40. The molecule has 0 aliphatic carbocycles. The van der Waals surface area contributed by atoms with E-state index in [4.69, 9.17) is 10.3 Å². The molecule has 1 aliphatic heterocycles. The second-order valence-electron chi connectivity index (χ2n) is 4.10. The standard InChI is InChI=1S/C10H17N3O/c1-4-8-9-7(10(11)12-14-9)5-13(8)6(2)3/h6,8H,4-5H2,1-3H3,(H2,11,12). The van der Waals surface area contributed by atoms with E-state index in [1.807, 2.05) is 0 Å².